The Morgan fingerprint density at radius 1 is 0.221 bits per heavy atom. The molecular weight excluding hydrogens is 823 g/mol. The first-order valence-corrected chi connectivity index (χ1v) is 23.3. The Morgan fingerprint density at radius 3 is 1.10 bits per heavy atom. The lowest BCUT2D eigenvalue weighted by Gasteiger charge is -2.16. The number of nitrogens with zero attached hydrogens (tertiary/aromatic N) is 3. The molecule has 3 heteroatoms. The maximum absolute atomic E-state index is 5.43. The van der Waals surface area contributed by atoms with Crippen molar-refractivity contribution >= 4 is 43.6 Å². The highest BCUT2D eigenvalue weighted by atomic mass is 15.0. The molecule has 13 aromatic rings. The SMILES string of the molecule is c1ccc(-c2ccc(-c3cc(-c4ccccc4)cc(-c4cccc(-n5c6ccccc6c6ccc7c8ccccc8n(-c8cc(-c9ccccc9)cc(-c9ccccc9)c8)c7c65)c4)n3)cc2)cc1. The molecule has 68 heavy (non-hydrogen) atoms. The van der Waals surface area contributed by atoms with Gasteiger partial charge >= 0.3 is 0 Å². The van der Waals surface area contributed by atoms with Crippen LogP contribution in [0.4, 0.5) is 0 Å². The molecule has 0 amide bonds. The van der Waals surface area contributed by atoms with Gasteiger partial charge < -0.3 is 9.13 Å². The Hall–Kier alpha value is -9.05. The molecule has 3 aromatic heterocycles. The molecule has 0 bridgehead atoms. The molecule has 318 valence electrons. The molecule has 0 aliphatic rings. The molecule has 0 atom stereocenters. The van der Waals surface area contributed by atoms with Crippen molar-refractivity contribution in [3.05, 3.63) is 261 Å². The van der Waals surface area contributed by atoms with Gasteiger partial charge in [-0.25, -0.2) is 4.98 Å². The third-order valence-electron chi connectivity index (χ3n) is 13.5. The molecule has 3 nitrogen and oxygen atoms in total. The fourth-order valence-electron chi connectivity index (χ4n) is 10.3. The van der Waals surface area contributed by atoms with Crippen molar-refractivity contribution in [3.8, 4) is 78.4 Å². The Morgan fingerprint density at radius 2 is 0.588 bits per heavy atom. The lowest BCUT2D eigenvalue weighted by atomic mass is 9.98. The Bertz CT molecular complexity index is 3920. The summed E-state index contributed by atoms with van der Waals surface area (Å²) in [6, 6.07) is 94.3. The summed E-state index contributed by atoms with van der Waals surface area (Å²) in [5.74, 6) is 0. The first kappa shape index (κ1) is 39.3. The summed E-state index contributed by atoms with van der Waals surface area (Å²) < 4.78 is 4.99. The molecule has 0 saturated carbocycles. The van der Waals surface area contributed by atoms with Gasteiger partial charge in [0.05, 0.1) is 33.5 Å². The molecule has 0 fully saturated rings. The van der Waals surface area contributed by atoms with Crippen LogP contribution < -0.4 is 0 Å². The van der Waals surface area contributed by atoms with E-state index in [9.17, 15) is 0 Å². The minimum absolute atomic E-state index is 0.918. The van der Waals surface area contributed by atoms with E-state index in [0.717, 1.165) is 61.6 Å². The van der Waals surface area contributed by atoms with E-state index in [-0.39, 0.29) is 0 Å². The zero-order valence-corrected chi connectivity index (χ0v) is 37.2. The highest BCUT2D eigenvalue weighted by Gasteiger charge is 2.22. The van der Waals surface area contributed by atoms with Gasteiger partial charge in [0, 0.05) is 44.0 Å². The van der Waals surface area contributed by atoms with Crippen molar-refractivity contribution in [1.29, 1.82) is 0 Å². The average molecular weight is 866 g/mol. The van der Waals surface area contributed by atoms with Crippen LogP contribution in [0.25, 0.3) is 122 Å². The molecule has 10 aromatic carbocycles. The van der Waals surface area contributed by atoms with Gasteiger partial charge in [-0.05, 0) is 99.1 Å². The van der Waals surface area contributed by atoms with Crippen LogP contribution in [0.1, 0.15) is 0 Å². The molecule has 13 rings (SSSR count). The van der Waals surface area contributed by atoms with Gasteiger partial charge in [-0.2, -0.15) is 0 Å². The molecule has 0 N–H and O–H groups in total. The first-order valence-electron chi connectivity index (χ1n) is 23.3. The largest absolute Gasteiger partial charge is 0.307 e. The monoisotopic (exact) mass is 865 g/mol. The minimum Gasteiger partial charge on any atom is -0.307 e. The summed E-state index contributed by atoms with van der Waals surface area (Å²) in [6.45, 7) is 0. The van der Waals surface area contributed by atoms with Crippen LogP contribution in [0, 0.1) is 0 Å². The Labute approximate surface area is 395 Å². The van der Waals surface area contributed by atoms with E-state index in [1.165, 1.54) is 60.4 Å². The number of para-hydroxylation sites is 2. The zero-order chi connectivity index (χ0) is 45.0. The molecule has 0 radical (unpaired) electrons. The molecule has 0 aliphatic heterocycles. The van der Waals surface area contributed by atoms with E-state index in [2.05, 4.69) is 270 Å². The molecule has 0 spiro atoms. The van der Waals surface area contributed by atoms with Gasteiger partial charge in [-0.3, -0.25) is 0 Å². The van der Waals surface area contributed by atoms with Gasteiger partial charge in [0.2, 0.25) is 0 Å². The van der Waals surface area contributed by atoms with Crippen molar-refractivity contribution in [2.75, 3.05) is 0 Å². The quantitative estimate of drug-likeness (QED) is 0.149. The number of fused-ring (bicyclic) bond motifs is 7. The second-order valence-electron chi connectivity index (χ2n) is 17.5. The molecule has 0 unspecified atom stereocenters. The van der Waals surface area contributed by atoms with Crippen LogP contribution in [-0.4, -0.2) is 14.1 Å². The van der Waals surface area contributed by atoms with Crippen LogP contribution in [0.2, 0.25) is 0 Å². The minimum atomic E-state index is 0.918. The second-order valence-corrected chi connectivity index (χ2v) is 17.5. The fourth-order valence-corrected chi connectivity index (χ4v) is 10.3. The highest BCUT2D eigenvalue weighted by molar-refractivity contribution is 6.24. The molecular formula is C65H43N3. The second kappa shape index (κ2) is 16.4. The summed E-state index contributed by atoms with van der Waals surface area (Å²) in [6.07, 6.45) is 0. The number of pyridine rings is 1. The Balaban J connectivity index is 1.05. The van der Waals surface area contributed by atoms with Gasteiger partial charge in [-0.15, -0.1) is 0 Å². The number of hydrogen-bond donors (Lipinski definition) is 0. The average Bonchev–Trinajstić information content (AvgIpc) is 3.95. The normalized spacial score (nSPS) is 11.5. The standard InChI is InChI=1S/C65H43N3/c1-5-18-44(19-6-1)48-32-34-49(35-33-48)60-42-53(47-24-11-4-12-25-47)43-61(66-60)50-26-17-27-54(39-50)67-62-30-15-13-28-56(62)58-36-37-59-57-29-14-16-31-63(57)68(65(59)64(58)67)55-40-51(45-20-7-2-8-21-45)38-52(41-55)46-22-9-3-10-23-46/h1-43H. The summed E-state index contributed by atoms with van der Waals surface area (Å²) in [5.41, 5.74) is 20.2. The van der Waals surface area contributed by atoms with E-state index in [0.29, 0.717) is 0 Å². The van der Waals surface area contributed by atoms with Gasteiger partial charge in [0.15, 0.2) is 0 Å². The number of aromatic nitrogens is 3. The molecule has 0 aliphatic carbocycles. The summed E-state index contributed by atoms with van der Waals surface area (Å²) >= 11 is 0. The van der Waals surface area contributed by atoms with E-state index >= 15 is 0 Å². The smallest absolute Gasteiger partial charge is 0.0788 e. The maximum atomic E-state index is 5.43. The first-order chi connectivity index (χ1) is 33.7. The van der Waals surface area contributed by atoms with Crippen molar-refractivity contribution in [2.24, 2.45) is 0 Å². The predicted octanol–water partition coefficient (Wildman–Crippen LogP) is 17.3. The van der Waals surface area contributed by atoms with Crippen molar-refractivity contribution in [2.45, 2.75) is 0 Å². The van der Waals surface area contributed by atoms with Crippen LogP contribution in [0.3, 0.4) is 0 Å². The third-order valence-corrected chi connectivity index (χ3v) is 13.5. The van der Waals surface area contributed by atoms with Crippen LogP contribution in [-0.2, 0) is 0 Å². The maximum Gasteiger partial charge on any atom is 0.0788 e. The van der Waals surface area contributed by atoms with Crippen LogP contribution in [0.15, 0.2) is 261 Å². The fraction of sp³-hybridized carbons (Fsp3) is 0. The lowest BCUT2D eigenvalue weighted by molar-refractivity contribution is 1.15. The molecule has 0 saturated heterocycles. The zero-order valence-electron chi connectivity index (χ0n) is 37.2. The van der Waals surface area contributed by atoms with Crippen LogP contribution >= 0.6 is 0 Å². The van der Waals surface area contributed by atoms with Crippen molar-refractivity contribution in [1.82, 2.24) is 14.1 Å². The Kier molecular flexibility index (Phi) is 9.50. The van der Waals surface area contributed by atoms with E-state index in [1.54, 1.807) is 0 Å². The van der Waals surface area contributed by atoms with Crippen molar-refractivity contribution < 1.29 is 0 Å². The molecule has 3 heterocycles. The lowest BCUT2D eigenvalue weighted by Crippen LogP contribution is -2.00. The van der Waals surface area contributed by atoms with E-state index < -0.39 is 0 Å². The number of rotatable bonds is 8. The summed E-state index contributed by atoms with van der Waals surface area (Å²) in [7, 11) is 0. The topological polar surface area (TPSA) is 22.8 Å². The van der Waals surface area contributed by atoms with Gasteiger partial charge in [-0.1, -0.05) is 206 Å². The van der Waals surface area contributed by atoms with Crippen LogP contribution in [0.5, 0.6) is 0 Å². The summed E-state index contributed by atoms with van der Waals surface area (Å²) in [4.78, 5) is 5.43. The van der Waals surface area contributed by atoms with Crippen molar-refractivity contribution in [3.63, 3.8) is 0 Å². The van der Waals surface area contributed by atoms with E-state index in [4.69, 9.17) is 4.98 Å². The van der Waals surface area contributed by atoms with Gasteiger partial charge in [0.25, 0.3) is 0 Å². The predicted molar refractivity (Wildman–Crippen MR) is 286 cm³/mol. The number of hydrogen-bond acceptors (Lipinski definition) is 1. The number of benzene rings is 10. The highest BCUT2D eigenvalue weighted by Crippen LogP contribution is 2.43. The van der Waals surface area contributed by atoms with Gasteiger partial charge in [0.1, 0.15) is 0 Å². The van der Waals surface area contributed by atoms with E-state index in [1.807, 2.05) is 0 Å². The third kappa shape index (κ3) is 6.80. The summed E-state index contributed by atoms with van der Waals surface area (Å²) in [5, 5.41) is 4.84.